The largest absolute Gasteiger partial charge is 0.473 e. The van der Waals surface area contributed by atoms with E-state index in [1.807, 2.05) is 30.5 Å². The quantitative estimate of drug-likeness (QED) is 0.782. The number of anilines is 1. The van der Waals surface area contributed by atoms with Gasteiger partial charge in [-0.05, 0) is 23.3 Å². The molecule has 1 aliphatic heterocycles. The third kappa shape index (κ3) is 2.31. The predicted octanol–water partition coefficient (Wildman–Crippen LogP) is 4.25. The summed E-state index contributed by atoms with van der Waals surface area (Å²) in [5.74, 6) is 0.711. The van der Waals surface area contributed by atoms with Crippen LogP contribution in [0.2, 0.25) is 0 Å². The fraction of sp³-hybridized carbons (Fsp3) is 0.105. The van der Waals surface area contributed by atoms with Crippen molar-refractivity contribution in [2.75, 3.05) is 5.32 Å². The van der Waals surface area contributed by atoms with Crippen LogP contribution in [0.1, 0.15) is 11.1 Å². The van der Waals surface area contributed by atoms with Crippen molar-refractivity contribution in [1.82, 2.24) is 4.98 Å². The van der Waals surface area contributed by atoms with Crippen molar-refractivity contribution < 1.29 is 4.74 Å². The molecule has 1 aromatic heterocycles. The molecule has 22 heavy (non-hydrogen) atoms. The van der Waals surface area contributed by atoms with Gasteiger partial charge in [-0.2, -0.15) is 0 Å². The summed E-state index contributed by atoms with van der Waals surface area (Å²) < 4.78 is 5.95. The van der Waals surface area contributed by atoms with Crippen LogP contribution in [0.15, 0.2) is 66.9 Å². The van der Waals surface area contributed by atoms with Gasteiger partial charge in [0.05, 0.1) is 0 Å². The third-order valence-corrected chi connectivity index (χ3v) is 3.91. The van der Waals surface area contributed by atoms with Crippen LogP contribution in [0.3, 0.4) is 0 Å². The van der Waals surface area contributed by atoms with Gasteiger partial charge in [0.1, 0.15) is 6.61 Å². The first kappa shape index (κ1) is 12.9. The normalized spacial score (nSPS) is 12.0. The number of para-hydroxylation sites is 1. The van der Waals surface area contributed by atoms with Crippen LogP contribution in [0.5, 0.6) is 5.88 Å². The van der Waals surface area contributed by atoms with Gasteiger partial charge in [-0.1, -0.05) is 48.5 Å². The molecule has 0 amide bonds. The van der Waals surface area contributed by atoms with Crippen molar-refractivity contribution in [3.8, 4) is 17.0 Å². The average Bonchev–Trinajstić information content (AvgIpc) is 2.60. The molecule has 0 spiro atoms. The lowest BCUT2D eigenvalue weighted by molar-refractivity contribution is 0.291. The van der Waals surface area contributed by atoms with E-state index < -0.39 is 0 Å². The molecule has 1 N–H and O–H groups in total. The van der Waals surface area contributed by atoms with Gasteiger partial charge < -0.3 is 10.1 Å². The topological polar surface area (TPSA) is 34.1 Å². The minimum absolute atomic E-state index is 0.534. The summed E-state index contributed by atoms with van der Waals surface area (Å²) in [7, 11) is 0. The van der Waals surface area contributed by atoms with Crippen LogP contribution in [-0.2, 0) is 13.2 Å². The van der Waals surface area contributed by atoms with E-state index in [2.05, 4.69) is 46.7 Å². The Bertz CT molecular complexity index is 800. The Kier molecular flexibility index (Phi) is 3.24. The number of hydrogen-bond acceptors (Lipinski definition) is 3. The standard InChI is InChI=1S/C19H16N2O/c1-2-6-14(7-3-1)13-22-19-17-12-21-18-9-5-4-8-16(18)15(17)10-11-20-19/h1-11,21H,12-13H2. The number of fused-ring (bicyclic) bond motifs is 3. The van der Waals surface area contributed by atoms with Crippen LogP contribution < -0.4 is 10.1 Å². The maximum absolute atomic E-state index is 5.95. The predicted molar refractivity (Wildman–Crippen MR) is 87.8 cm³/mol. The van der Waals surface area contributed by atoms with Crippen LogP contribution in [-0.4, -0.2) is 4.98 Å². The highest BCUT2D eigenvalue weighted by atomic mass is 16.5. The molecule has 3 aromatic rings. The van der Waals surface area contributed by atoms with E-state index in [0.29, 0.717) is 12.5 Å². The molecule has 0 radical (unpaired) electrons. The van der Waals surface area contributed by atoms with Gasteiger partial charge in [-0.3, -0.25) is 0 Å². The van der Waals surface area contributed by atoms with Crippen molar-refractivity contribution in [3.63, 3.8) is 0 Å². The van der Waals surface area contributed by atoms with E-state index in [4.69, 9.17) is 4.74 Å². The fourth-order valence-electron chi connectivity index (χ4n) is 2.80. The van der Waals surface area contributed by atoms with E-state index in [9.17, 15) is 0 Å². The molecule has 2 aromatic carbocycles. The van der Waals surface area contributed by atoms with Crippen molar-refractivity contribution >= 4 is 5.69 Å². The Balaban J connectivity index is 1.66. The highest BCUT2D eigenvalue weighted by molar-refractivity contribution is 5.83. The van der Waals surface area contributed by atoms with Crippen LogP contribution in [0.4, 0.5) is 5.69 Å². The molecule has 0 saturated heterocycles. The lowest BCUT2D eigenvalue weighted by Crippen LogP contribution is -2.11. The summed E-state index contributed by atoms with van der Waals surface area (Å²) >= 11 is 0. The minimum atomic E-state index is 0.534. The Morgan fingerprint density at radius 3 is 2.64 bits per heavy atom. The second-order valence-corrected chi connectivity index (χ2v) is 5.32. The summed E-state index contributed by atoms with van der Waals surface area (Å²) in [5, 5.41) is 3.44. The zero-order valence-corrected chi connectivity index (χ0v) is 12.1. The van der Waals surface area contributed by atoms with E-state index >= 15 is 0 Å². The molecule has 0 bridgehead atoms. The Morgan fingerprint density at radius 1 is 0.909 bits per heavy atom. The molecule has 0 fully saturated rings. The van der Waals surface area contributed by atoms with Gasteiger partial charge >= 0.3 is 0 Å². The summed E-state index contributed by atoms with van der Waals surface area (Å²) in [5.41, 5.74) is 5.83. The third-order valence-electron chi connectivity index (χ3n) is 3.91. The van der Waals surface area contributed by atoms with Crippen molar-refractivity contribution in [2.24, 2.45) is 0 Å². The number of aromatic nitrogens is 1. The first-order valence-corrected chi connectivity index (χ1v) is 7.40. The van der Waals surface area contributed by atoms with E-state index in [1.165, 1.54) is 11.1 Å². The molecule has 0 unspecified atom stereocenters. The Hall–Kier alpha value is -2.81. The van der Waals surface area contributed by atoms with Gasteiger partial charge in [0.25, 0.3) is 0 Å². The summed E-state index contributed by atoms with van der Waals surface area (Å²) in [6.45, 7) is 1.27. The van der Waals surface area contributed by atoms with Crippen LogP contribution in [0.25, 0.3) is 11.1 Å². The average molecular weight is 288 g/mol. The molecule has 108 valence electrons. The number of nitrogens with one attached hydrogen (secondary N) is 1. The lowest BCUT2D eigenvalue weighted by Gasteiger charge is -2.23. The molecule has 4 rings (SSSR count). The van der Waals surface area contributed by atoms with E-state index in [1.54, 1.807) is 0 Å². The zero-order chi connectivity index (χ0) is 14.8. The van der Waals surface area contributed by atoms with Gasteiger partial charge in [0.15, 0.2) is 0 Å². The lowest BCUT2D eigenvalue weighted by atomic mass is 9.96. The fourth-order valence-corrected chi connectivity index (χ4v) is 2.80. The van der Waals surface area contributed by atoms with Gasteiger partial charge in [-0.25, -0.2) is 4.98 Å². The van der Waals surface area contributed by atoms with E-state index in [0.717, 1.165) is 23.4 Å². The molecular formula is C19H16N2O. The molecule has 0 saturated carbocycles. The number of benzene rings is 2. The molecule has 0 aliphatic carbocycles. The monoisotopic (exact) mass is 288 g/mol. The SMILES string of the molecule is c1ccc(COc2nccc3c2CNc2ccccc2-3)cc1. The summed E-state index contributed by atoms with van der Waals surface area (Å²) in [6, 6.07) is 20.5. The van der Waals surface area contributed by atoms with Gasteiger partial charge in [-0.15, -0.1) is 0 Å². The van der Waals surface area contributed by atoms with Crippen LogP contribution >= 0.6 is 0 Å². The molecule has 2 heterocycles. The highest BCUT2D eigenvalue weighted by Gasteiger charge is 2.19. The number of hydrogen-bond donors (Lipinski definition) is 1. The van der Waals surface area contributed by atoms with Crippen molar-refractivity contribution in [2.45, 2.75) is 13.2 Å². The number of pyridine rings is 1. The second kappa shape index (κ2) is 5.53. The zero-order valence-electron chi connectivity index (χ0n) is 12.1. The molecular weight excluding hydrogens is 272 g/mol. The van der Waals surface area contributed by atoms with Crippen LogP contribution in [0, 0.1) is 0 Å². The van der Waals surface area contributed by atoms with Crippen molar-refractivity contribution in [1.29, 1.82) is 0 Å². The first-order valence-electron chi connectivity index (χ1n) is 7.40. The van der Waals surface area contributed by atoms with Crippen molar-refractivity contribution in [3.05, 3.63) is 78.0 Å². The smallest absolute Gasteiger partial charge is 0.219 e. The number of nitrogens with zero attached hydrogens (tertiary/aromatic N) is 1. The van der Waals surface area contributed by atoms with Gasteiger partial charge in [0.2, 0.25) is 5.88 Å². The van der Waals surface area contributed by atoms with E-state index in [-0.39, 0.29) is 0 Å². The Morgan fingerprint density at radius 2 is 1.73 bits per heavy atom. The minimum Gasteiger partial charge on any atom is -0.473 e. The molecule has 3 heteroatoms. The molecule has 1 aliphatic rings. The number of ether oxygens (including phenoxy) is 1. The summed E-state index contributed by atoms with van der Waals surface area (Å²) in [4.78, 5) is 4.42. The highest BCUT2D eigenvalue weighted by Crippen LogP contribution is 2.38. The van der Waals surface area contributed by atoms with Gasteiger partial charge in [0, 0.05) is 29.6 Å². The molecule has 3 nitrogen and oxygen atoms in total. The number of rotatable bonds is 3. The maximum Gasteiger partial charge on any atom is 0.219 e. The first-order chi connectivity index (χ1) is 10.9. The molecule has 0 atom stereocenters. The Labute approximate surface area is 129 Å². The second-order valence-electron chi connectivity index (χ2n) is 5.32. The maximum atomic E-state index is 5.95. The summed E-state index contributed by atoms with van der Waals surface area (Å²) in [6.07, 6.45) is 1.82.